The van der Waals surface area contributed by atoms with Gasteiger partial charge in [0, 0.05) is 12.4 Å². The van der Waals surface area contributed by atoms with Crippen LogP contribution in [0.5, 0.6) is 0 Å². The van der Waals surface area contributed by atoms with Crippen molar-refractivity contribution in [2.24, 2.45) is 0 Å². The van der Waals surface area contributed by atoms with Crippen molar-refractivity contribution >= 4 is 27.3 Å². The zero-order valence-electron chi connectivity index (χ0n) is 8.61. The molecule has 2 aromatic rings. The van der Waals surface area contributed by atoms with Crippen molar-refractivity contribution in [3.8, 4) is 6.07 Å². The van der Waals surface area contributed by atoms with E-state index in [1.54, 1.807) is 24.5 Å². The SMILES string of the molecule is N#Cc1ccc(Nc2ccncc2Br)c(F)c1. The molecule has 17 heavy (non-hydrogen) atoms. The minimum atomic E-state index is -0.465. The van der Waals surface area contributed by atoms with E-state index in [1.807, 2.05) is 6.07 Å². The normalized spacial score (nSPS) is 9.71. The zero-order valence-corrected chi connectivity index (χ0v) is 10.2. The van der Waals surface area contributed by atoms with E-state index in [0.717, 1.165) is 4.47 Å². The van der Waals surface area contributed by atoms with Crippen LogP contribution in [0, 0.1) is 17.1 Å². The van der Waals surface area contributed by atoms with Crippen LogP contribution in [-0.2, 0) is 0 Å². The summed E-state index contributed by atoms with van der Waals surface area (Å²) in [5, 5.41) is 11.6. The topological polar surface area (TPSA) is 48.7 Å². The van der Waals surface area contributed by atoms with Crippen LogP contribution in [-0.4, -0.2) is 4.98 Å². The van der Waals surface area contributed by atoms with E-state index < -0.39 is 5.82 Å². The standard InChI is InChI=1S/C12H7BrFN3/c13-9-7-16-4-3-11(9)17-12-2-1-8(6-15)5-10(12)14/h1-5,7H,(H,16,17). The summed E-state index contributed by atoms with van der Waals surface area (Å²) >= 11 is 3.31. The van der Waals surface area contributed by atoms with Crippen LogP contribution >= 0.6 is 15.9 Å². The van der Waals surface area contributed by atoms with E-state index in [1.165, 1.54) is 12.1 Å². The molecule has 0 aliphatic carbocycles. The Morgan fingerprint density at radius 2 is 2.12 bits per heavy atom. The van der Waals surface area contributed by atoms with Crippen molar-refractivity contribution in [3.05, 3.63) is 52.5 Å². The highest BCUT2D eigenvalue weighted by molar-refractivity contribution is 9.10. The van der Waals surface area contributed by atoms with Gasteiger partial charge in [-0.2, -0.15) is 5.26 Å². The third-order valence-electron chi connectivity index (χ3n) is 2.14. The molecule has 0 amide bonds. The highest BCUT2D eigenvalue weighted by Crippen LogP contribution is 2.26. The van der Waals surface area contributed by atoms with Crippen LogP contribution in [0.2, 0.25) is 0 Å². The molecule has 1 aromatic heterocycles. The van der Waals surface area contributed by atoms with Crippen LogP contribution in [0.15, 0.2) is 41.1 Å². The molecule has 1 heterocycles. The maximum atomic E-state index is 13.6. The Morgan fingerprint density at radius 1 is 1.29 bits per heavy atom. The molecular weight excluding hydrogens is 285 g/mol. The van der Waals surface area contributed by atoms with Gasteiger partial charge in [0.1, 0.15) is 5.82 Å². The van der Waals surface area contributed by atoms with E-state index in [4.69, 9.17) is 5.26 Å². The molecule has 0 aliphatic heterocycles. The summed E-state index contributed by atoms with van der Waals surface area (Å²) in [6.07, 6.45) is 3.22. The number of pyridine rings is 1. The summed E-state index contributed by atoms with van der Waals surface area (Å²) in [4.78, 5) is 3.91. The molecule has 0 aliphatic rings. The lowest BCUT2D eigenvalue weighted by atomic mass is 10.2. The van der Waals surface area contributed by atoms with Crippen LogP contribution in [0.25, 0.3) is 0 Å². The third-order valence-corrected chi connectivity index (χ3v) is 2.77. The first-order valence-corrected chi connectivity index (χ1v) is 5.56. The molecule has 84 valence electrons. The smallest absolute Gasteiger partial charge is 0.147 e. The fourth-order valence-corrected chi connectivity index (χ4v) is 1.66. The monoisotopic (exact) mass is 291 g/mol. The number of hydrogen-bond donors (Lipinski definition) is 1. The maximum Gasteiger partial charge on any atom is 0.147 e. The Labute approximate surface area is 106 Å². The fraction of sp³-hybridized carbons (Fsp3) is 0. The zero-order chi connectivity index (χ0) is 12.3. The van der Waals surface area contributed by atoms with Crippen LogP contribution in [0.3, 0.4) is 0 Å². The quantitative estimate of drug-likeness (QED) is 0.920. The fourth-order valence-electron chi connectivity index (χ4n) is 1.31. The molecule has 0 fully saturated rings. The van der Waals surface area contributed by atoms with Gasteiger partial charge in [-0.05, 0) is 40.2 Å². The number of halogens is 2. The number of nitrogens with one attached hydrogen (secondary N) is 1. The molecule has 2 rings (SSSR count). The summed E-state index contributed by atoms with van der Waals surface area (Å²) in [6, 6.07) is 7.88. The van der Waals surface area contributed by atoms with Crippen molar-refractivity contribution in [1.29, 1.82) is 5.26 Å². The molecular formula is C12H7BrFN3. The van der Waals surface area contributed by atoms with Gasteiger partial charge in [-0.1, -0.05) is 0 Å². The minimum absolute atomic E-state index is 0.293. The van der Waals surface area contributed by atoms with Gasteiger partial charge >= 0.3 is 0 Å². The van der Waals surface area contributed by atoms with Crippen molar-refractivity contribution in [3.63, 3.8) is 0 Å². The van der Waals surface area contributed by atoms with E-state index >= 15 is 0 Å². The van der Waals surface area contributed by atoms with Crippen LogP contribution in [0.1, 0.15) is 5.56 Å². The molecule has 5 heteroatoms. The third kappa shape index (κ3) is 2.60. The molecule has 0 saturated heterocycles. The first kappa shape index (κ1) is 11.6. The number of nitriles is 1. The number of hydrogen-bond acceptors (Lipinski definition) is 3. The molecule has 1 N–H and O–H groups in total. The molecule has 0 atom stereocenters. The summed E-state index contributed by atoms with van der Waals surface area (Å²) in [6.45, 7) is 0. The van der Waals surface area contributed by atoms with Gasteiger partial charge in [0.2, 0.25) is 0 Å². The Hall–Kier alpha value is -1.93. The maximum absolute atomic E-state index is 13.6. The van der Waals surface area contributed by atoms with Gasteiger partial charge in [-0.3, -0.25) is 4.98 Å². The molecule has 1 aromatic carbocycles. The average molecular weight is 292 g/mol. The largest absolute Gasteiger partial charge is 0.352 e. The molecule has 0 saturated carbocycles. The average Bonchev–Trinajstić information content (AvgIpc) is 2.34. The van der Waals surface area contributed by atoms with Gasteiger partial charge in [-0.25, -0.2) is 4.39 Å². The lowest BCUT2D eigenvalue weighted by molar-refractivity contribution is 0.631. The van der Waals surface area contributed by atoms with Crippen LogP contribution in [0.4, 0.5) is 15.8 Å². The number of benzene rings is 1. The molecule has 0 radical (unpaired) electrons. The predicted molar refractivity (Wildman–Crippen MR) is 66.3 cm³/mol. The first-order valence-electron chi connectivity index (χ1n) is 4.77. The summed E-state index contributed by atoms with van der Waals surface area (Å²) < 4.78 is 14.3. The second-order valence-corrected chi connectivity index (χ2v) is 4.14. The molecule has 0 bridgehead atoms. The highest BCUT2D eigenvalue weighted by atomic mass is 79.9. The first-order chi connectivity index (χ1) is 8.20. The Kier molecular flexibility index (Phi) is 3.35. The van der Waals surface area contributed by atoms with Gasteiger partial charge in [0.25, 0.3) is 0 Å². The van der Waals surface area contributed by atoms with Crippen molar-refractivity contribution < 1.29 is 4.39 Å². The van der Waals surface area contributed by atoms with Crippen molar-refractivity contribution in [2.75, 3.05) is 5.32 Å². The second-order valence-electron chi connectivity index (χ2n) is 3.29. The summed E-state index contributed by atoms with van der Waals surface area (Å²) in [5.41, 5.74) is 1.32. The van der Waals surface area contributed by atoms with Crippen molar-refractivity contribution in [1.82, 2.24) is 4.98 Å². The minimum Gasteiger partial charge on any atom is -0.352 e. The summed E-state index contributed by atoms with van der Waals surface area (Å²) in [5.74, 6) is -0.465. The number of anilines is 2. The van der Waals surface area contributed by atoms with E-state index in [-0.39, 0.29) is 0 Å². The predicted octanol–water partition coefficient (Wildman–Crippen LogP) is 3.60. The van der Waals surface area contributed by atoms with Crippen molar-refractivity contribution in [2.45, 2.75) is 0 Å². The number of rotatable bonds is 2. The van der Waals surface area contributed by atoms with Crippen LogP contribution < -0.4 is 5.32 Å². The highest BCUT2D eigenvalue weighted by Gasteiger charge is 2.05. The second kappa shape index (κ2) is 4.93. The molecule has 0 unspecified atom stereocenters. The summed E-state index contributed by atoms with van der Waals surface area (Å²) in [7, 11) is 0. The van der Waals surface area contributed by atoms with Gasteiger partial charge in [-0.15, -0.1) is 0 Å². The Balaban J connectivity index is 2.32. The van der Waals surface area contributed by atoms with Gasteiger partial charge in [0.05, 0.1) is 27.5 Å². The molecule has 3 nitrogen and oxygen atoms in total. The van der Waals surface area contributed by atoms with E-state index in [2.05, 4.69) is 26.2 Å². The lowest BCUT2D eigenvalue weighted by Crippen LogP contribution is -1.95. The Morgan fingerprint density at radius 3 is 2.76 bits per heavy atom. The van der Waals surface area contributed by atoms with E-state index in [9.17, 15) is 4.39 Å². The Bertz CT molecular complexity index is 593. The van der Waals surface area contributed by atoms with Gasteiger partial charge in [0.15, 0.2) is 0 Å². The lowest BCUT2D eigenvalue weighted by Gasteiger charge is -2.08. The van der Waals surface area contributed by atoms with Gasteiger partial charge < -0.3 is 5.32 Å². The van der Waals surface area contributed by atoms with E-state index in [0.29, 0.717) is 16.9 Å². The number of aromatic nitrogens is 1. The number of nitrogens with zero attached hydrogens (tertiary/aromatic N) is 2. The molecule has 0 spiro atoms.